The van der Waals surface area contributed by atoms with E-state index in [1.165, 1.54) is 4.88 Å². The zero-order valence-corrected chi connectivity index (χ0v) is 10.9. The Morgan fingerprint density at radius 2 is 2.33 bits per heavy atom. The first-order chi connectivity index (χ1) is 7.18. The number of rotatable bonds is 2. The van der Waals surface area contributed by atoms with Crippen LogP contribution in [-0.2, 0) is 11.2 Å². The third-order valence-electron chi connectivity index (χ3n) is 2.77. The molecule has 15 heavy (non-hydrogen) atoms. The molecule has 0 radical (unpaired) electrons. The van der Waals surface area contributed by atoms with Gasteiger partial charge in [0.05, 0.1) is 5.60 Å². The van der Waals surface area contributed by atoms with Crippen LogP contribution in [0.3, 0.4) is 0 Å². The molecule has 0 amide bonds. The summed E-state index contributed by atoms with van der Waals surface area (Å²) < 4.78 is 6.47. The zero-order valence-electron chi connectivity index (χ0n) is 8.54. The van der Waals surface area contributed by atoms with E-state index in [1.807, 2.05) is 0 Å². The Morgan fingerprint density at radius 3 is 3.07 bits per heavy atom. The SMILES string of the molecule is OC1(Cc2cc(Br)cs2)CCCOCC1. The summed E-state index contributed by atoms with van der Waals surface area (Å²) >= 11 is 5.13. The Labute approximate surface area is 102 Å². The molecule has 0 aliphatic carbocycles. The molecule has 1 aromatic rings. The van der Waals surface area contributed by atoms with Gasteiger partial charge in [0, 0.05) is 34.4 Å². The van der Waals surface area contributed by atoms with Crippen LogP contribution in [0.4, 0.5) is 0 Å². The normalized spacial score (nSPS) is 27.6. The van der Waals surface area contributed by atoms with Crippen LogP contribution in [0.25, 0.3) is 0 Å². The lowest BCUT2D eigenvalue weighted by molar-refractivity contribution is 0.0195. The van der Waals surface area contributed by atoms with E-state index in [1.54, 1.807) is 11.3 Å². The third kappa shape index (κ3) is 3.28. The van der Waals surface area contributed by atoms with Gasteiger partial charge in [-0.15, -0.1) is 11.3 Å². The molecule has 0 bridgehead atoms. The predicted octanol–water partition coefficient (Wildman–Crippen LogP) is 2.98. The molecule has 1 aliphatic rings. The minimum absolute atomic E-state index is 0.555. The molecular weight excluding hydrogens is 276 g/mol. The van der Waals surface area contributed by atoms with Crippen molar-refractivity contribution in [3.05, 3.63) is 20.8 Å². The minimum Gasteiger partial charge on any atom is -0.389 e. The maximum atomic E-state index is 10.4. The molecule has 2 nitrogen and oxygen atoms in total. The van der Waals surface area contributed by atoms with Crippen molar-refractivity contribution in [1.29, 1.82) is 0 Å². The highest BCUT2D eigenvalue weighted by Crippen LogP contribution is 2.29. The second-order valence-corrected chi connectivity index (χ2v) is 6.01. The summed E-state index contributed by atoms with van der Waals surface area (Å²) in [5.74, 6) is 0. The van der Waals surface area contributed by atoms with Crippen molar-refractivity contribution in [2.24, 2.45) is 0 Å². The Hall–Kier alpha value is 0.1000. The van der Waals surface area contributed by atoms with Gasteiger partial charge in [0.25, 0.3) is 0 Å². The summed E-state index contributed by atoms with van der Waals surface area (Å²) in [6, 6.07) is 2.09. The van der Waals surface area contributed by atoms with Gasteiger partial charge in [-0.05, 0) is 41.3 Å². The Kier molecular flexibility index (Phi) is 3.83. The van der Waals surface area contributed by atoms with E-state index >= 15 is 0 Å². The van der Waals surface area contributed by atoms with Gasteiger partial charge in [-0.1, -0.05) is 0 Å². The maximum absolute atomic E-state index is 10.4. The van der Waals surface area contributed by atoms with E-state index in [4.69, 9.17) is 4.74 Å². The second-order valence-electron chi connectivity index (χ2n) is 4.10. The van der Waals surface area contributed by atoms with Gasteiger partial charge in [0.2, 0.25) is 0 Å². The average Bonchev–Trinajstić information content (AvgIpc) is 2.46. The van der Waals surface area contributed by atoms with Crippen LogP contribution in [0, 0.1) is 0 Å². The molecule has 1 saturated heterocycles. The molecule has 1 unspecified atom stereocenters. The second kappa shape index (κ2) is 4.95. The Bertz CT molecular complexity index is 316. The van der Waals surface area contributed by atoms with E-state index in [9.17, 15) is 5.11 Å². The van der Waals surface area contributed by atoms with Gasteiger partial charge >= 0.3 is 0 Å². The molecule has 1 aromatic heterocycles. The van der Waals surface area contributed by atoms with E-state index in [0.29, 0.717) is 6.61 Å². The topological polar surface area (TPSA) is 29.5 Å². The fourth-order valence-electron chi connectivity index (χ4n) is 1.94. The molecular formula is C11H15BrO2S. The third-order valence-corrected chi connectivity index (χ3v) is 4.47. The van der Waals surface area contributed by atoms with E-state index in [-0.39, 0.29) is 0 Å². The first-order valence-corrected chi connectivity index (χ1v) is 6.88. The molecule has 1 aliphatic heterocycles. The van der Waals surface area contributed by atoms with Crippen molar-refractivity contribution >= 4 is 27.3 Å². The van der Waals surface area contributed by atoms with E-state index in [2.05, 4.69) is 27.4 Å². The molecule has 1 atom stereocenters. The maximum Gasteiger partial charge on any atom is 0.0718 e. The monoisotopic (exact) mass is 290 g/mol. The number of thiophene rings is 1. The van der Waals surface area contributed by atoms with Gasteiger partial charge in [0.15, 0.2) is 0 Å². The zero-order chi connectivity index (χ0) is 10.7. The molecule has 0 aromatic carbocycles. The van der Waals surface area contributed by atoms with Crippen molar-refractivity contribution in [3.63, 3.8) is 0 Å². The Morgan fingerprint density at radius 1 is 1.47 bits per heavy atom. The summed E-state index contributed by atoms with van der Waals surface area (Å²) in [6.07, 6.45) is 3.32. The molecule has 1 fully saturated rings. The standard InChI is InChI=1S/C11H15BrO2S/c12-9-6-10(15-8-9)7-11(13)2-1-4-14-5-3-11/h6,8,13H,1-5,7H2. The molecule has 0 saturated carbocycles. The lowest BCUT2D eigenvalue weighted by atomic mass is 9.91. The van der Waals surface area contributed by atoms with E-state index < -0.39 is 5.60 Å². The summed E-state index contributed by atoms with van der Waals surface area (Å²) in [5, 5.41) is 12.5. The lowest BCUT2D eigenvalue weighted by Gasteiger charge is -2.25. The van der Waals surface area contributed by atoms with Gasteiger partial charge in [-0.25, -0.2) is 0 Å². The van der Waals surface area contributed by atoms with Crippen LogP contribution in [0.2, 0.25) is 0 Å². The first kappa shape index (κ1) is 11.6. The lowest BCUT2D eigenvalue weighted by Crippen LogP contribution is -2.31. The number of hydrogen-bond acceptors (Lipinski definition) is 3. The highest BCUT2D eigenvalue weighted by Gasteiger charge is 2.28. The molecule has 1 N–H and O–H groups in total. The first-order valence-electron chi connectivity index (χ1n) is 5.21. The largest absolute Gasteiger partial charge is 0.389 e. The van der Waals surface area contributed by atoms with Crippen LogP contribution in [0.15, 0.2) is 15.9 Å². The number of aliphatic hydroxyl groups is 1. The van der Waals surface area contributed by atoms with Crippen molar-refractivity contribution < 1.29 is 9.84 Å². The smallest absolute Gasteiger partial charge is 0.0718 e. The number of ether oxygens (including phenoxy) is 1. The molecule has 0 spiro atoms. The van der Waals surface area contributed by atoms with Crippen LogP contribution in [0.1, 0.15) is 24.1 Å². The average molecular weight is 291 g/mol. The fourth-order valence-corrected chi connectivity index (χ4v) is 3.53. The predicted molar refractivity (Wildman–Crippen MR) is 65.3 cm³/mol. The minimum atomic E-state index is -0.555. The van der Waals surface area contributed by atoms with Crippen LogP contribution < -0.4 is 0 Å². The van der Waals surface area contributed by atoms with Crippen LogP contribution >= 0.6 is 27.3 Å². The molecule has 84 valence electrons. The Balaban J connectivity index is 2.02. The molecule has 2 rings (SSSR count). The number of hydrogen-bond donors (Lipinski definition) is 1. The van der Waals surface area contributed by atoms with Gasteiger partial charge in [0.1, 0.15) is 0 Å². The summed E-state index contributed by atoms with van der Waals surface area (Å²) in [5.41, 5.74) is -0.555. The summed E-state index contributed by atoms with van der Waals surface area (Å²) in [6.45, 7) is 1.47. The van der Waals surface area contributed by atoms with Gasteiger partial charge < -0.3 is 9.84 Å². The quantitative estimate of drug-likeness (QED) is 0.907. The van der Waals surface area contributed by atoms with Crippen molar-refractivity contribution in [2.45, 2.75) is 31.3 Å². The summed E-state index contributed by atoms with van der Waals surface area (Å²) in [7, 11) is 0. The fraction of sp³-hybridized carbons (Fsp3) is 0.636. The van der Waals surface area contributed by atoms with Crippen LogP contribution in [-0.4, -0.2) is 23.9 Å². The highest BCUT2D eigenvalue weighted by atomic mass is 79.9. The van der Waals surface area contributed by atoms with Crippen molar-refractivity contribution in [3.8, 4) is 0 Å². The molecule has 2 heterocycles. The van der Waals surface area contributed by atoms with Crippen molar-refractivity contribution in [2.75, 3.05) is 13.2 Å². The van der Waals surface area contributed by atoms with Gasteiger partial charge in [-0.2, -0.15) is 0 Å². The van der Waals surface area contributed by atoms with Gasteiger partial charge in [-0.3, -0.25) is 0 Å². The highest BCUT2D eigenvalue weighted by molar-refractivity contribution is 9.10. The molecule has 4 heteroatoms. The van der Waals surface area contributed by atoms with Crippen molar-refractivity contribution in [1.82, 2.24) is 0 Å². The van der Waals surface area contributed by atoms with Crippen LogP contribution in [0.5, 0.6) is 0 Å². The summed E-state index contributed by atoms with van der Waals surface area (Å²) in [4.78, 5) is 1.24. The number of halogens is 1. The van der Waals surface area contributed by atoms with E-state index in [0.717, 1.165) is 36.8 Å².